The quantitative estimate of drug-likeness (QED) is 0.804. The van der Waals surface area contributed by atoms with Gasteiger partial charge in [-0.3, -0.25) is 9.69 Å². The number of hydrogen-bond donors (Lipinski definition) is 0. The highest BCUT2D eigenvalue weighted by molar-refractivity contribution is 5.92. The van der Waals surface area contributed by atoms with Crippen LogP contribution in [-0.4, -0.2) is 23.3 Å². The van der Waals surface area contributed by atoms with Gasteiger partial charge in [0.15, 0.2) is 5.78 Å². The van der Waals surface area contributed by atoms with Crippen molar-refractivity contribution in [1.82, 2.24) is 4.90 Å². The molecule has 1 heterocycles. The molecular weight excluding hydrogens is 230 g/mol. The zero-order valence-electron chi connectivity index (χ0n) is 10.3. The number of allylic oxidation sites excluding steroid dienone is 2. The Bertz CT molecular complexity index is 479. The standard InChI is InChI=1S/C14H15NO3/c1-11-9-13(16)7-8-15(11)14(17)18-10-12-5-3-2-4-6-12/h2-6,9H,7-8,10H2,1H3. The number of nitrogens with zero attached hydrogens (tertiary/aromatic N) is 1. The average Bonchev–Trinajstić information content (AvgIpc) is 2.37. The molecule has 1 aromatic carbocycles. The number of carbonyl (C=O) groups is 2. The Hall–Kier alpha value is -2.10. The third-order valence-electron chi connectivity index (χ3n) is 2.80. The van der Waals surface area contributed by atoms with Gasteiger partial charge in [0.2, 0.25) is 0 Å². The molecule has 0 saturated carbocycles. The molecule has 0 saturated heterocycles. The maximum Gasteiger partial charge on any atom is 0.414 e. The number of amides is 1. The predicted molar refractivity (Wildman–Crippen MR) is 66.7 cm³/mol. The summed E-state index contributed by atoms with van der Waals surface area (Å²) in [6.45, 7) is 2.38. The molecule has 0 aromatic heterocycles. The second-order valence-corrected chi connectivity index (χ2v) is 4.19. The van der Waals surface area contributed by atoms with E-state index in [1.807, 2.05) is 30.3 Å². The fourth-order valence-electron chi connectivity index (χ4n) is 1.81. The van der Waals surface area contributed by atoms with Crippen molar-refractivity contribution >= 4 is 11.9 Å². The van der Waals surface area contributed by atoms with Crippen LogP contribution in [0.1, 0.15) is 18.9 Å². The smallest absolute Gasteiger partial charge is 0.414 e. The summed E-state index contributed by atoms with van der Waals surface area (Å²) in [4.78, 5) is 24.5. The fourth-order valence-corrected chi connectivity index (χ4v) is 1.81. The highest BCUT2D eigenvalue weighted by atomic mass is 16.6. The lowest BCUT2D eigenvalue weighted by atomic mass is 10.1. The van der Waals surface area contributed by atoms with Gasteiger partial charge in [-0.1, -0.05) is 30.3 Å². The maximum atomic E-state index is 11.8. The maximum absolute atomic E-state index is 11.8. The second kappa shape index (κ2) is 5.49. The second-order valence-electron chi connectivity index (χ2n) is 4.19. The van der Waals surface area contributed by atoms with Crippen molar-refractivity contribution in [1.29, 1.82) is 0 Å². The topological polar surface area (TPSA) is 46.6 Å². The van der Waals surface area contributed by atoms with Gasteiger partial charge in [0.25, 0.3) is 0 Å². The van der Waals surface area contributed by atoms with E-state index in [0.717, 1.165) is 5.56 Å². The number of carbonyl (C=O) groups excluding carboxylic acids is 2. The van der Waals surface area contributed by atoms with Crippen molar-refractivity contribution in [3.63, 3.8) is 0 Å². The first-order valence-electron chi connectivity index (χ1n) is 5.86. The van der Waals surface area contributed by atoms with Crippen LogP contribution in [0.4, 0.5) is 4.79 Å². The average molecular weight is 245 g/mol. The molecule has 0 bridgehead atoms. The van der Waals surface area contributed by atoms with E-state index >= 15 is 0 Å². The van der Waals surface area contributed by atoms with Gasteiger partial charge in [-0.05, 0) is 12.5 Å². The number of rotatable bonds is 2. The summed E-state index contributed by atoms with van der Waals surface area (Å²) in [6, 6.07) is 9.50. The lowest BCUT2D eigenvalue weighted by Crippen LogP contribution is -2.34. The first-order valence-corrected chi connectivity index (χ1v) is 5.86. The van der Waals surface area contributed by atoms with E-state index in [9.17, 15) is 9.59 Å². The van der Waals surface area contributed by atoms with Crippen molar-refractivity contribution in [2.45, 2.75) is 20.0 Å². The molecule has 4 nitrogen and oxygen atoms in total. The summed E-state index contributed by atoms with van der Waals surface area (Å²) in [6.07, 6.45) is 1.44. The highest BCUT2D eigenvalue weighted by Crippen LogP contribution is 2.14. The van der Waals surface area contributed by atoms with Gasteiger partial charge in [-0.25, -0.2) is 4.79 Å². The predicted octanol–water partition coefficient (Wildman–Crippen LogP) is 2.50. The first kappa shape index (κ1) is 12.4. The lowest BCUT2D eigenvalue weighted by Gasteiger charge is -2.25. The van der Waals surface area contributed by atoms with Crippen LogP contribution in [0.2, 0.25) is 0 Å². The summed E-state index contributed by atoms with van der Waals surface area (Å²) in [7, 11) is 0. The number of benzene rings is 1. The molecule has 18 heavy (non-hydrogen) atoms. The molecule has 0 fully saturated rings. The number of hydrogen-bond acceptors (Lipinski definition) is 3. The molecule has 0 spiro atoms. The Labute approximate surface area is 106 Å². The third-order valence-corrected chi connectivity index (χ3v) is 2.80. The van der Waals surface area contributed by atoms with E-state index in [-0.39, 0.29) is 12.4 Å². The van der Waals surface area contributed by atoms with Crippen LogP contribution in [-0.2, 0) is 16.1 Å². The van der Waals surface area contributed by atoms with E-state index in [0.29, 0.717) is 18.7 Å². The molecule has 0 N–H and O–H groups in total. The molecule has 4 heteroatoms. The van der Waals surface area contributed by atoms with E-state index in [4.69, 9.17) is 4.74 Å². The minimum Gasteiger partial charge on any atom is -0.444 e. The van der Waals surface area contributed by atoms with Crippen LogP contribution in [0.25, 0.3) is 0 Å². The van der Waals surface area contributed by atoms with Crippen LogP contribution in [0.3, 0.4) is 0 Å². The van der Waals surface area contributed by atoms with Gasteiger partial charge >= 0.3 is 6.09 Å². The fraction of sp³-hybridized carbons (Fsp3) is 0.286. The molecule has 2 rings (SSSR count). The van der Waals surface area contributed by atoms with E-state index in [2.05, 4.69) is 0 Å². The third kappa shape index (κ3) is 2.97. The minimum absolute atomic E-state index is 0.0552. The highest BCUT2D eigenvalue weighted by Gasteiger charge is 2.22. The van der Waals surface area contributed by atoms with Gasteiger partial charge in [0.1, 0.15) is 6.61 Å². The first-order chi connectivity index (χ1) is 8.66. The summed E-state index contributed by atoms with van der Waals surface area (Å²) in [5.74, 6) is 0.0552. The molecule has 0 unspecified atom stereocenters. The summed E-state index contributed by atoms with van der Waals surface area (Å²) in [5, 5.41) is 0. The Balaban J connectivity index is 1.93. The van der Waals surface area contributed by atoms with Crippen LogP contribution in [0, 0.1) is 0 Å². The van der Waals surface area contributed by atoms with Crippen LogP contribution >= 0.6 is 0 Å². The van der Waals surface area contributed by atoms with E-state index in [1.54, 1.807) is 6.92 Å². The van der Waals surface area contributed by atoms with Crippen molar-refractivity contribution < 1.29 is 14.3 Å². The van der Waals surface area contributed by atoms with Crippen LogP contribution in [0.15, 0.2) is 42.1 Å². The molecule has 1 aromatic rings. The Morgan fingerprint density at radius 3 is 2.72 bits per heavy atom. The van der Waals surface area contributed by atoms with E-state index < -0.39 is 6.09 Å². The molecule has 1 amide bonds. The molecular formula is C14H15NO3. The van der Waals surface area contributed by atoms with Crippen molar-refractivity contribution in [2.75, 3.05) is 6.54 Å². The summed E-state index contributed by atoms with van der Waals surface area (Å²) >= 11 is 0. The molecule has 0 aliphatic carbocycles. The van der Waals surface area contributed by atoms with Crippen LogP contribution in [0.5, 0.6) is 0 Å². The largest absolute Gasteiger partial charge is 0.444 e. The van der Waals surface area contributed by atoms with Crippen LogP contribution < -0.4 is 0 Å². The molecule has 94 valence electrons. The van der Waals surface area contributed by atoms with Gasteiger partial charge in [0, 0.05) is 24.7 Å². The molecule has 0 atom stereocenters. The van der Waals surface area contributed by atoms with Crippen molar-refractivity contribution in [3.8, 4) is 0 Å². The Morgan fingerprint density at radius 1 is 1.33 bits per heavy atom. The zero-order valence-corrected chi connectivity index (χ0v) is 10.3. The number of ketones is 1. The van der Waals surface area contributed by atoms with Gasteiger partial charge in [-0.2, -0.15) is 0 Å². The minimum atomic E-state index is -0.403. The van der Waals surface area contributed by atoms with Gasteiger partial charge in [-0.15, -0.1) is 0 Å². The zero-order chi connectivity index (χ0) is 13.0. The summed E-state index contributed by atoms with van der Waals surface area (Å²) in [5.41, 5.74) is 1.59. The molecule has 0 radical (unpaired) electrons. The Morgan fingerprint density at radius 2 is 2.06 bits per heavy atom. The van der Waals surface area contributed by atoms with Gasteiger partial charge in [0.05, 0.1) is 0 Å². The SMILES string of the molecule is CC1=CC(=O)CCN1C(=O)OCc1ccccc1. The van der Waals surface area contributed by atoms with Gasteiger partial charge < -0.3 is 4.74 Å². The molecule has 1 aliphatic heterocycles. The normalized spacial score (nSPS) is 15.3. The monoisotopic (exact) mass is 245 g/mol. The van der Waals surface area contributed by atoms with Crippen molar-refractivity contribution in [2.24, 2.45) is 0 Å². The Kier molecular flexibility index (Phi) is 3.77. The lowest BCUT2D eigenvalue weighted by molar-refractivity contribution is -0.115. The summed E-state index contributed by atoms with van der Waals surface area (Å²) < 4.78 is 5.21. The number of ether oxygens (including phenoxy) is 1. The van der Waals surface area contributed by atoms with E-state index in [1.165, 1.54) is 11.0 Å². The van der Waals surface area contributed by atoms with Crippen molar-refractivity contribution in [3.05, 3.63) is 47.7 Å². The molecule has 1 aliphatic rings.